The van der Waals surface area contributed by atoms with Gasteiger partial charge in [0.1, 0.15) is 11.5 Å². The molecule has 3 atom stereocenters. The van der Waals surface area contributed by atoms with Gasteiger partial charge in [0.15, 0.2) is 0 Å². The summed E-state index contributed by atoms with van der Waals surface area (Å²) < 4.78 is 30.7. The minimum Gasteiger partial charge on any atom is -0.495 e. The third-order valence-corrected chi connectivity index (χ3v) is 7.47. The number of allylic oxidation sites excluding steroid dienone is 2. The zero-order chi connectivity index (χ0) is 19.8. The first kappa shape index (κ1) is 19.9. The molecule has 0 spiro atoms. The first-order valence-corrected chi connectivity index (χ1v) is 11.1. The molecule has 1 aromatic rings. The predicted molar refractivity (Wildman–Crippen MR) is 108 cm³/mol. The Balaban J connectivity index is 1.88. The molecule has 2 aliphatic rings. The van der Waals surface area contributed by atoms with Crippen LogP contribution in [0.3, 0.4) is 0 Å². The summed E-state index contributed by atoms with van der Waals surface area (Å²) in [7, 11) is -2.08. The molecule has 0 unspecified atom stereocenters. The molecule has 0 saturated heterocycles. The molecular weight excluding hydrogens is 360 g/mol. The van der Waals surface area contributed by atoms with Gasteiger partial charge in [-0.25, -0.2) is 0 Å². The Morgan fingerprint density at radius 2 is 1.93 bits per heavy atom. The van der Waals surface area contributed by atoms with E-state index in [-0.39, 0.29) is 10.3 Å². The Hall–Kier alpha value is -1.82. The van der Waals surface area contributed by atoms with Gasteiger partial charge in [0, 0.05) is 0 Å². The Labute approximate surface area is 162 Å². The summed E-state index contributed by atoms with van der Waals surface area (Å²) in [6, 6.07) is 6.74. The van der Waals surface area contributed by atoms with Gasteiger partial charge in [-0.3, -0.25) is 0 Å². The van der Waals surface area contributed by atoms with Crippen molar-refractivity contribution in [2.75, 3.05) is 7.11 Å². The van der Waals surface area contributed by atoms with Crippen LogP contribution in [-0.4, -0.2) is 21.2 Å². The Kier molecular flexibility index (Phi) is 5.39. The highest BCUT2D eigenvalue weighted by molar-refractivity contribution is 7.89. The molecular formula is C21H30N2O3S. The average Bonchev–Trinajstić information content (AvgIpc) is 2.96. The van der Waals surface area contributed by atoms with Crippen molar-refractivity contribution in [3.05, 3.63) is 41.7 Å². The molecule has 3 rings (SSSR count). The van der Waals surface area contributed by atoms with Crippen molar-refractivity contribution in [3.63, 3.8) is 0 Å². The van der Waals surface area contributed by atoms with Crippen molar-refractivity contribution in [3.8, 4) is 0 Å². The molecule has 1 saturated carbocycles. The molecule has 0 bridgehead atoms. The van der Waals surface area contributed by atoms with E-state index in [0.717, 1.165) is 18.4 Å². The van der Waals surface area contributed by atoms with Crippen LogP contribution in [0.5, 0.6) is 0 Å². The van der Waals surface area contributed by atoms with Crippen LogP contribution in [0.1, 0.15) is 45.6 Å². The van der Waals surface area contributed by atoms with Crippen LogP contribution < -0.4 is 4.83 Å². The van der Waals surface area contributed by atoms with E-state index in [2.05, 4.69) is 36.8 Å². The Morgan fingerprint density at radius 3 is 2.52 bits per heavy atom. The van der Waals surface area contributed by atoms with Crippen LogP contribution in [0.15, 0.2) is 46.1 Å². The van der Waals surface area contributed by atoms with E-state index in [1.165, 1.54) is 6.42 Å². The molecule has 1 fully saturated rings. The van der Waals surface area contributed by atoms with Crippen LogP contribution >= 0.6 is 0 Å². The lowest BCUT2D eigenvalue weighted by Crippen LogP contribution is -2.34. The molecule has 148 valence electrons. The summed E-state index contributed by atoms with van der Waals surface area (Å²) in [5.41, 5.74) is 1.79. The molecule has 5 nitrogen and oxygen atoms in total. The second kappa shape index (κ2) is 7.30. The zero-order valence-electron chi connectivity index (χ0n) is 16.8. The fourth-order valence-electron chi connectivity index (χ4n) is 4.57. The van der Waals surface area contributed by atoms with E-state index in [1.807, 2.05) is 6.92 Å². The number of methoxy groups -OCH3 is 1. The SMILES string of the molecule is COC1=C[C@]2(C)CC[C@H](C(C)C)[C@@H]2C/C1=N\NS(=O)(=O)c1ccc(C)cc1. The highest BCUT2D eigenvalue weighted by Gasteiger charge is 2.48. The maximum atomic E-state index is 12.6. The maximum absolute atomic E-state index is 12.6. The van der Waals surface area contributed by atoms with Crippen LogP contribution in [0.2, 0.25) is 0 Å². The van der Waals surface area contributed by atoms with E-state index in [9.17, 15) is 8.42 Å². The lowest BCUT2D eigenvalue weighted by molar-refractivity contribution is 0.197. The number of hydrogen-bond acceptors (Lipinski definition) is 4. The molecule has 0 radical (unpaired) electrons. The molecule has 0 heterocycles. The summed E-state index contributed by atoms with van der Waals surface area (Å²) in [5, 5.41) is 4.28. The number of hydrogen-bond donors (Lipinski definition) is 1. The largest absolute Gasteiger partial charge is 0.495 e. The van der Waals surface area contributed by atoms with Gasteiger partial charge in [-0.05, 0) is 67.6 Å². The number of sulfonamides is 1. The molecule has 6 heteroatoms. The van der Waals surface area contributed by atoms with E-state index in [1.54, 1.807) is 31.4 Å². The summed E-state index contributed by atoms with van der Waals surface area (Å²) in [4.78, 5) is 2.61. The third-order valence-electron chi connectivity index (χ3n) is 6.25. The predicted octanol–water partition coefficient (Wildman–Crippen LogP) is 4.25. The van der Waals surface area contributed by atoms with Gasteiger partial charge in [-0.2, -0.15) is 18.4 Å². The number of rotatable bonds is 5. The van der Waals surface area contributed by atoms with Crippen molar-refractivity contribution in [2.24, 2.45) is 28.3 Å². The van der Waals surface area contributed by atoms with Gasteiger partial charge in [0.25, 0.3) is 10.0 Å². The van der Waals surface area contributed by atoms with E-state index in [0.29, 0.717) is 29.2 Å². The van der Waals surface area contributed by atoms with Crippen LogP contribution in [0.4, 0.5) is 0 Å². The zero-order valence-corrected chi connectivity index (χ0v) is 17.6. The topological polar surface area (TPSA) is 67.8 Å². The number of ether oxygens (including phenoxy) is 1. The van der Waals surface area contributed by atoms with E-state index >= 15 is 0 Å². The van der Waals surface area contributed by atoms with Gasteiger partial charge < -0.3 is 4.74 Å². The fourth-order valence-corrected chi connectivity index (χ4v) is 5.40. The van der Waals surface area contributed by atoms with Crippen molar-refractivity contribution < 1.29 is 13.2 Å². The van der Waals surface area contributed by atoms with E-state index in [4.69, 9.17) is 4.74 Å². The molecule has 1 N–H and O–H groups in total. The van der Waals surface area contributed by atoms with Gasteiger partial charge in [0.2, 0.25) is 0 Å². The standard InChI is InChI=1S/C21H30N2O3S/c1-14(2)17-10-11-21(4)13-20(26-5)19(12-18(17)21)22-23-27(24,25)16-8-6-15(3)7-9-16/h6-9,13-14,17-18,23H,10-12H2,1-5H3/b22-19+/t17-,18+,21+/m1/s1. The monoisotopic (exact) mass is 390 g/mol. The number of aryl methyl sites for hydroxylation is 1. The second-order valence-electron chi connectivity index (χ2n) is 8.44. The number of hydrazone groups is 1. The molecule has 2 aliphatic carbocycles. The Bertz CT molecular complexity index is 856. The Morgan fingerprint density at radius 1 is 1.26 bits per heavy atom. The van der Waals surface area contributed by atoms with E-state index < -0.39 is 10.0 Å². The second-order valence-corrected chi connectivity index (χ2v) is 10.1. The smallest absolute Gasteiger partial charge is 0.276 e. The van der Waals surface area contributed by atoms with Crippen molar-refractivity contribution >= 4 is 15.7 Å². The van der Waals surface area contributed by atoms with Crippen molar-refractivity contribution in [1.82, 2.24) is 4.83 Å². The molecule has 0 aromatic heterocycles. The highest BCUT2D eigenvalue weighted by Crippen LogP contribution is 2.54. The maximum Gasteiger partial charge on any atom is 0.276 e. The van der Waals surface area contributed by atoms with Crippen molar-refractivity contribution in [1.29, 1.82) is 0 Å². The van der Waals surface area contributed by atoms with Crippen LogP contribution in [0.25, 0.3) is 0 Å². The summed E-state index contributed by atoms with van der Waals surface area (Å²) in [5.74, 6) is 2.35. The molecule has 0 aliphatic heterocycles. The molecule has 0 amide bonds. The summed E-state index contributed by atoms with van der Waals surface area (Å²) in [6.07, 6.45) is 5.21. The van der Waals surface area contributed by atoms with Crippen LogP contribution in [-0.2, 0) is 14.8 Å². The van der Waals surface area contributed by atoms with Gasteiger partial charge >= 0.3 is 0 Å². The highest BCUT2D eigenvalue weighted by atomic mass is 32.2. The normalized spacial score (nSPS) is 29.6. The quantitative estimate of drug-likeness (QED) is 0.764. The van der Waals surface area contributed by atoms with Crippen molar-refractivity contribution in [2.45, 2.75) is 51.9 Å². The average molecular weight is 391 g/mol. The third kappa shape index (κ3) is 3.91. The van der Waals surface area contributed by atoms with Gasteiger partial charge in [-0.1, -0.05) is 38.5 Å². The lowest BCUT2D eigenvalue weighted by atomic mass is 9.68. The minimum atomic E-state index is -3.70. The fraction of sp³-hybridized carbons (Fsp3) is 0.571. The first-order chi connectivity index (χ1) is 12.7. The van der Waals surface area contributed by atoms with Gasteiger partial charge in [-0.15, -0.1) is 0 Å². The summed E-state index contributed by atoms with van der Waals surface area (Å²) in [6.45, 7) is 8.74. The minimum absolute atomic E-state index is 0.0924. The van der Waals surface area contributed by atoms with Gasteiger partial charge in [0.05, 0.1) is 12.0 Å². The number of fused-ring (bicyclic) bond motifs is 1. The number of benzene rings is 1. The lowest BCUT2D eigenvalue weighted by Gasteiger charge is -2.37. The molecule has 1 aromatic carbocycles. The number of nitrogens with zero attached hydrogens (tertiary/aromatic N) is 1. The first-order valence-electron chi connectivity index (χ1n) is 9.58. The van der Waals surface area contributed by atoms with Crippen LogP contribution in [0, 0.1) is 30.1 Å². The molecule has 27 heavy (non-hydrogen) atoms. The summed E-state index contributed by atoms with van der Waals surface area (Å²) >= 11 is 0. The number of nitrogens with one attached hydrogen (secondary N) is 1.